The lowest BCUT2D eigenvalue weighted by atomic mass is 10.00. The van der Waals surface area contributed by atoms with Gasteiger partial charge in [0, 0.05) is 30.9 Å². The van der Waals surface area contributed by atoms with Crippen molar-refractivity contribution in [2.45, 2.75) is 40.3 Å². The van der Waals surface area contributed by atoms with E-state index in [-0.39, 0.29) is 24.1 Å². The van der Waals surface area contributed by atoms with Crippen molar-refractivity contribution in [1.82, 2.24) is 15.2 Å². The van der Waals surface area contributed by atoms with E-state index in [9.17, 15) is 9.59 Å². The highest BCUT2D eigenvalue weighted by Crippen LogP contribution is 2.17. The summed E-state index contributed by atoms with van der Waals surface area (Å²) >= 11 is 0. The number of likely N-dealkylation sites (tertiary alicyclic amines) is 1. The van der Waals surface area contributed by atoms with Gasteiger partial charge in [0.2, 0.25) is 5.91 Å². The van der Waals surface area contributed by atoms with Crippen molar-refractivity contribution in [2.24, 2.45) is 5.92 Å². The topological polar surface area (TPSA) is 65.2 Å². The molecule has 2 N–H and O–H groups in total. The fraction of sp³-hybridized carbons (Fsp3) is 0.600. The number of aromatic amines is 1. The number of carbonyl (C=O) groups excluding carboxylic acids is 1. The van der Waals surface area contributed by atoms with Crippen LogP contribution in [0.2, 0.25) is 0 Å². The number of pyridine rings is 1. The highest BCUT2D eigenvalue weighted by Gasteiger charge is 2.30. The summed E-state index contributed by atoms with van der Waals surface area (Å²) in [6.45, 7) is 10.1. The zero-order valence-corrected chi connectivity index (χ0v) is 12.6. The first kappa shape index (κ1) is 14.8. The Hall–Kier alpha value is -1.62. The van der Waals surface area contributed by atoms with Crippen LogP contribution >= 0.6 is 0 Å². The van der Waals surface area contributed by atoms with Gasteiger partial charge in [-0.25, -0.2) is 0 Å². The summed E-state index contributed by atoms with van der Waals surface area (Å²) in [7, 11) is 0. The number of aryl methyl sites for hydroxylation is 2. The SMILES string of the molecule is Cc1cc(C)c(CNC(=O)C(C)N2CC(C)C2)c(=O)[nH]1. The number of rotatable bonds is 4. The molecular weight excluding hydrogens is 254 g/mol. The van der Waals surface area contributed by atoms with Crippen LogP contribution in [0.15, 0.2) is 10.9 Å². The minimum Gasteiger partial charge on any atom is -0.350 e. The second kappa shape index (κ2) is 5.79. The molecule has 2 rings (SSSR count). The molecule has 0 aliphatic carbocycles. The van der Waals surface area contributed by atoms with Gasteiger partial charge in [0.1, 0.15) is 0 Å². The van der Waals surface area contributed by atoms with Gasteiger partial charge < -0.3 is 10.3 Å². The summed E-state index contributed by atoms with van der Waals surface area (Å²) in [4.78, 5) is 28.9. The third kappa shape index (κ3) is 3.10. The first-order valence-electron chi connectivity index (χ1n) is 7.09. The van der Waals surface area contributed by atoms with Gasteiger partial charge in [-0.1, -0.05) is 6.92 Å². The molecule has 0 bridgehead atoms. The molecule has 0 saturated carbocycles. The van der Waals surface area contributed by atoms with Gasteiger partial charge in [-0.2, -0.15) is 0 Å². The molecule has 1 unspecified atom stereocenters. The molecule has 1 amide bonds. The molecular formula is C15H23N3O2. The van der Waals surface area contributed by atoms with Crippen molar-refractivity contribution < 1.29 is 4.79 Å². The van der Waals surface area contributed by atoms with E-state index < -0.39 is 0 Å². The highest BCUT2D eigenvalue weighted by atomic mass is 16.2. The van der Waals surface area contributed by atoms with E-state index >= 15 is 0 Å². The Bertz CT molecular complexity index is 559. The van der Waals surface area contributed by atoms with Crippen molar-refractivity contribution >= 4 is 5.91 Å². The van der Waals surface area contributed by atoms with Crippen LogP contribution in [0.5, 0.6) is 0 Å². The Kier molecular flexibility index (Phi) is 4.28. The Morgan fingerprint density at radius 2 is 2.15 bits per heavy atom. The lowest BCUT2D eigenvalue weighted by Gasteiger charge is -2.40. The van der Waals surface area contributed by atoms with E-state index in [1.165, 1.54) is 0 Å². The number of amides is 1. The van der Waals surface area contributed by atoms with Gasteiger partial charge in [-0.3, -0.25) is 14.5 Å². The van der Waals surface area contributed by atoms with Crippen LogP contribution in [0.4, 0.5) is 0 Å². The predicted molar refractivity (Wildman–Crippen MR) is 78.6 cm³/mol. The minimum absolute atomic E-state index is 0.0173. The van der Waals surface area contributed by atoms with Crippen LogP contribution in [0, 0.1) is 19.8 Å². The van der Waals surface area contributed by atoms with E-state index in [2.05, 4.69) is 22.1 Å². The lowest BCUT2D eigenvalue weighted by Crippen LogP contribution is -2.55. The van der Waals surface area contributed by atoms with Crippen LogP contribution in [-0.2, 0) is 11.3 Å². The fourth-order valence-electron chi connectivity index (χ4n) is 2.65. The molecule has 20 heavy (non-hydrogen) atoms. The molecule has 1 atom stereocenters. The van der Waals surface area contributed by atoms with Crippen molar-refractivity contribution in [3.63, 3.8) is 0 Å². The lowest BCUT2D eigenvalue weighted by molar-refractivity contribution is -0.128. The monoisotopic (exact) mass is 277 g/mol. The highest BCUT2D eigenvalue weighted by molar-refractivity contribution is 5.81. The van der Waals surface area contributed by atoms with Crippen LogP contribution in [-0.4, -0.2) is 34.9 Å². The first-order valence-corrected chi connectivity index (χ1v) is 7.09. The molecule has 1 aliphatic rings. The average molecular weight is 277 g/mol. The van der Waals surface area contributed by atoms with Gasteiger partial charge in [-0.15, -0.1) is 0 Å². The second-order valence-electron chi connectivity index (χ2n) is 5.90. The van der Waals surface area contributed by atoms with Gasteiger partial charge in [0.15, 0.2) is 0 Å². The molecule has 1 aromatic rings. The van der Waals surface area contributed by atoms with Gasteiger partial charge in [0.25, 0.3) is 5.56 Å². The maximum atomic E-state index is 12.1. The third-order valence-electron chi connectivity index (χ3n) is 3.95. The number of carbonyl (C=O) groups is 1. The molecule has 1 aliphatic heterocycles. The standard InChI is InChI=1S/C15H23N3O2/c1-9-7-18(8-9)12(4)14(19)16-6-13-10(2)5-11(3)17-15(13)20/h5,9,12H,6-8H2,1-4H3,(H,16,19)(H,17,20). The van der Waals surface area contributed by atoms with Crippen LogP contribution in [0.3, 0.4) is 0 Å². The Morgan fingerprint density at radius 1 is 1.50 bits per heavy atom. The number of nitrogens with zero attached hydrogens (tertiary/aromatic N) is 1. The molecule has 1 aromatic heterocycles. The molecule has 0 aromatic carbocycles. The summed E-state index contributed by atoms with van der Waals surface area (Å²) in [5.41, 5.74) is 2.27. The van der Waals surface area contributed by atoms with E-state index in [0.717, 1.165) is 24.3 Å². The van der Waals surface area contributed by atoms with Crippen molar-refractivity contribution in [1.29, 1.82) is 0 Å². The fourth-order valence-corrected chi connectivity index (χ4v) is 2.65. The molecule has 0 radical (unpaired) electrons. The maximum absolute atomic E-state index is 12.1. The number of H-pyrrole nitrogens is 1. The summed E-state index contributed by atoms with van der Waals surface area (Å²) in [5.74, 6) is 0.656. The molecule has 5 heteroatoms. The molecule has 2 heterocycles. The van der Waals surface area contributed by atoms with Crippen LogP contribution in [0.1, 0.15) is 30.7 Å². The van der Waals surface area contributed by atoms with Crippen LogP contribution in [0.25, 0.3) is 0 Å². The van der Waals surface area contributed by atoms with Crippen molar-refractivity contribution in [3.05, 3.63) is 33.2 Å². The number of hydrogen-bond donors (Lipinski definition) is 2. The Balaban J connectivity index is 1.95. The van der Waals surface area contributed by atoms with Gasteiger partial charge in [0.05, 0.1) is 6.04 Å². The van der Waals surface area contributed by atoms with Gasteiger partial charge >= 0.3 is 0 Å². The predicted octanol–water partition coefficient (Wildman–Crippen LogP) is 0.948. The molecule has 1 fully saturated rings. The largest absolute Gasteiger partial charge is 0.350 e. The average Bonchev–Trinajstić information content (AvgIpc) is 2.32. The Morgan fingerprint density at radius 3 is 2.70 bits per heavy atom. The van der Waals surface area contributed by atoms with Crippen molar-refractivity contribution in [2.75, 3.05) is 13.1 Å². The van der Waals surface area contributed by atoms with Gasteiger partial charge in [-0.05, 0) is 38.3 Å². The molecule has 110 valence electrons. The van der Waals surface area contributed by atoms with Crippen molar-refractivity contribution in [3.8, 4) is 0 Å². The minimum atomic E-state index is -0.129. The summed E-state index contributed by atoms with van der Waals surface area (Å²) in [6.07, 6.45) is 0. The van der Waals surface area contributed by atoms with E-state index in [4.69, 9.17) is 0 Å². The van der Waals surface area contributed by atoms with Crippen LogP contribution < -0.4 is 10.9 Å². The van der Waals surface area contributed by atoms with E-state index in [1.807, 2.05) is 26.8 Å². The number of nitrogens with one attached hydrogen (secondary N) is 2. The van der Waals surface area contributed by atoms with E-state index in [1.54, 1.807) is 0 Å². The maximum Gasteiger partial charge on any atom is 0.253 e. The summed E-state index contributed by atoms with van der Waals surface area (Å²) < 4.78 is 0. The molecule has 5 nitrogen and oxygen atoms in total. The normalized spacial score (nSPS) is 17.6. The smallest absolute Gasteiger partial charge is 0.253 e. The second-order valence-corrected chi connectivity index (χ2v) is 5.90. The summed E-state index contributed by atoms with van der Waals surface area (Å²) in [5, 5.41) is 2.86. The first-order chi connectivity index (χ1) is 9.38. The molecule has 1 saturated heterocycles. The quantitative estimate of drug-likeness (QED) is 0.861. The summed E-state index contributed by atoms with van der Waals surface area (Å²) in [6, 6.07) is 1.79. The third-order valence-corrected chi connectivity index (χ3v) is 3.95. The Labute approximate surface area is 119 Å². The molecule has 0 spiro atoms. The zero-order valence-electron chi connectivity index (χ0n) is 12.6. The number of hydrogen-bond acceptors (Lipinski definition) is 3. The zero-order chi connectivity index (χ0) is 14.9. The number of aromatic nitrogens is 1. The van der Waals surface area contributed by atoms with E-state index in [0.29, 0.717) is 11.5 Å².